The number of hydrogen-bond acceptors (Lipinski definition) is 24. The van der Waals surface area contributed by atoms with Gasteiger partial charge in [-0.25, -0.2) is 13.2 Å². The second-order valence-electron chi connectivity index (χ2n) is 34.2. The molecule has 3 N–H and O–H groups in total. The minimum atomic E-state index is -2.39. The maximum Gasteiger partial charge on any atom is 0.311 e. The minimum absolute atomic E-state index is 0.0128. The van der Waals surface area contributed by atoms with E-state index in [-0.39, 0.29) is 242 Å². The smallest absolute Gasteiger partial charge is 0.311 e. The second kappa shape index (κ2) is 61.0. The average molecular weight is 1760 g/mol. The number of carbonyl (C=O) groups excluding carboxylic acids is 11. The van der Waals surface area contributed by atoms with E-state index in [4.69, 9.17) is 56.8 Å². The number of benzene rings is 1. The van der Waals surface area contributed by atoms with Gasteiger partial charge in [-0.2, -0.15) is 8.78 Å². The van der Waals surface area contributed by atoms with E-state index < -0.39 is 71.1 Å². The monoisotopic (exact) mass is 1760 g/mol. The van der Waals surface area contributed by atoms with Gasteiger partial charge in [0.15, 0.2) is 18.9 Å². The first-order valence-corrected chi connectivity index (χ1v) is 45.2. The van der Waals surface area contributed by atoms with Gasteiger partial charge in [-0.1, -0.05) is 107 Å². The van der Waals surface area contributed by atoms with Crippen LogP contribution < -0.4 is 20.7 Å². The van der Waals surface area contributed by atoms with Crippen LogP contribution in [0.1, 0.15) is 289 Å². The number of nitrogens with one attached hydrogen (secondary N) is 3. The van der Waals surface area contributed by atoms with Gasteiger partial charge in [0.05, 0.1) is 58.0 Å². The number of carbonyl (C=O) groups is 11. The molecule has 3 amide bonds. The molecule has 0 bridgehead atoms. The first-order valence-electron chi connectivity index (χ1n) is 45.2. The number of rotatable bonds is 67. The number of esters is 4. The molecule has 32 heteroatoms. The Hall–Kier alpha value is -6.52. The maximum absolute atomic E-state index is 14.1. The molecule has 15 atom stereocenters. The van der Waals surface area contributed by atoms with Crippen LogP contribution in [0.3, 0.4) is 0 Å². The fourth-order valence-corrected chi connectivity index (χ4v) is 15.1. The molecular weight excluding hydrogens is 1610 g/mol. The number of ether oxygens (including phenoxy) is 13. The molecule has 3 saturated heterocycles. The lowest BCUT2D eigenvalue weighted by atomic mass is 9.79. The molecule has 704 valence electrons. The van der Waals surface area contributed by atoms with E-state index in [1.165, 1.54) is 20.8 Å². The van der Waals surface area contributed by atoms with E-state index in [9.17, 15) is 74.7 Å². The summed E-state index contributed by atoms with van der Waals surface area (Å²) in [6.07, 6.45) is 11.4. The Balaban J connectivity index is 1.30. The third-order valence-electron chi connectivity index (χ3n) is 24.2. The van der Waals surface area contributed by atoms with Crippen molar-refractivity contribution >= 4 is 64.7 Å². The van der Waals surface area contributed by atoms with Crippen LogP contribution in [0.25, 0.3) is 0 Å². The highest BCUT2D eigenvalue weighted by atomic mass is 19.2. The van der Waals surface area contributed by atoms with Gasteiger partial charge in [-0.3, -0.25) is 52.7 Å². The summed E-state index contributed by atoms with van der Waals surface area (Å²) in [4.78, 5) is 139. The third-order valence-corrected chi connectivity index (χ3v) is 24.2. The van der Waals surface area contributed by atoms with Gasteiger partial charge in [0.2, 0.25) is 52.6 Å². The van der Waals surface area contributed by atoms with Gasteiger partial charge in [-0.15, -0.1) is 0 Å². The van der Waals surface area contributed by atoms with E-state index >= 15 is 0 Å². The largest absolute Gasteiger partial charge is 0.463 e. The van der Waals surface area contributed by atoms with Crippen LogP contribution in [0.5, 0.6) is 5.75 Å². The van der Waals surface area contributed by atoms with Gasteiger partial charge in [0.1, 0.15) is 48.5 Å². The summed E-state index contributed by atoms with van der Waals surface area (Å²) < 4.78 is 145. The molecule has 1 aromatic rings. The van der Waals surface area contributed by atoms with Crippen molar-refractivity contribution in [1.82, 2.24) is 16.0 Å². The zero-order valence-corrected chi connectivity index (χ0v) is 75.4. The molecule has 3 fully saturated rings. The Morgan fingerprint density at radius 3 is 0.967 bits per heavy atom. The van der Waals surface area contributed by atoms with Crippen LogP contribution in [-0.4, -0.2) is 200 Å². The fraction of sp³-hybridized carbons (Fsp3) is 0.813. The van der Waals surface area contributed by atoms with Crippen molar-refractivity contribution in [2.75, 3.05) is 92.4 Å². The summed E-state index contributed by atoms with van der Waals surface area (Å²) in [5, 5.41) is 8.79. The van der Waals surface area contributed by atoms with Gasteiger partial charge in [0.25, 0.3) is 0 Å². The number of unbranched alkanes of at least 4 members (excludes halogenated alkanes) is 13. The molecule has 0 spiro atoms. The second-order valence-corrected chi connectivity index (χ2v) is 34.2. The van der Waals surface area contributed by atoms with Crippen molar-refractivity contribution in [3.63, 3.8) is 0 Å². The highest BCUT2D eigenvalue weighted by molar-refractivity contribution is 5.80. The molecule has 0 aromatic heterocycles. The summed E-state index contributed by atoms with van der Waals surface area (Å²) in [5.41, 5.74) is -1.41. The van der Waals surface area contributed by atoms with Gasteiger partial charge >= 0.3 is 23.9 Å². The summed E-state index contributed by atoms with van der Waals surface area (Å²) in [5.74, 6) is -14.4. The highest BCUT2D eigenvalue weighted by Crippen LogP contribution is 2.39. The first-order chi connectivity index (χ1) is 58.6. The van der Waals surface area contributed by atoms with Crippen molar-refractivity contribution in [3.05, 3.63) is 29.1 Å². The van der Waals surface area contributed by atoms with E-state index in [1.807, 2.05) is 0 Å². The lowest BCUT2D eigenvalue weighted by Crippen LogP contribution is -2.58. The van der Waals surface area contributed by atoms with E-state index in [0.29, 0.717) is 168 Å². The predicted molar refractivity (Wildman–Crippen MR) is 445 cm³/mol. The number of ketones is 4. The van der Waals surface area contributed by atoms with Crippen LogP contribution in [0, 0.1) is 82.3 Å². The molecule has 3 aliphatic rings. The molecule has 3 aliphatic heterocycles. The molecule has 6 unspecified atom stereocenters. The van der Waals surface area contributed by atoms with Crippen molar-refractivity contribution in [2.24, 2.45) is 53.3 Å². The molecule has 27 nitrogen and oxygen atoms in total. The topological polar surface area (TPSA) is 344 Å². The summed E-state index contributed by atoms with van der Waals surface area (Å²) >= 11 is 0. The zero-order chi connectivity index (χ0) is 90.8. The Morgan fingerprint density at radius 2 is 0.593 bits per heavy atom. The number of Topliss-reactive ketones (excluding diaryl/α,β-unsaturated/α-hetero) is 4. The van der Waals surface area contributed by atoms with Gasteiger partial charge in [-0.05, 0) is 119 Å². The predicted octanol–water partition coefficient (Wildman–Crippen LogP) is 14.8. The molecular formula is C91H146F5N3O24. The van der Waals surface area contributed by atoms with E-state index in [1.54, 1.807) is 0 Å². The zero-order valence-electron chi connectivity index (χ0n) is 75.4. The quantitative estimate of drug-likeness (QED) is 0.0104. The highest BCUT2D eigenvalue weighted by Gasteiger charge is 2.44. The van der Waals surface area contributed by atoms with Crippen molar-refractivity contribution < 1.29 is 136 Å². The first kappa shape index (κ1) is 109. The Bertz CT molecular complexity index is 3230. The third kappa shape index (κ3) is 43.2. The normalized spacial score (nSPS) is 23.1. The molecule has 4 rings (SSSR count). The lowest BCUT2D eigenvalue weighted by Gasteiger charge is -2.43. The van der Waals surface area contributed by atoms with Gasteiger partial charge < -0.3 is 77.5 Å². The lowest BCUT2D eigenvalue weighted by molar-refractivity contribution is -0.255. The van der Waals surface area contributed by atoms with Gasteiger partial charge in [0, 0.05) is 148 Å². The number of halogens is 5. The molecule has 123 heavy (non-hydrogen) atoms. The summed E-state index contributed by atoms with van der Waals surface area (Å²) in [6, 6.07) is 0. The van der Waals surface area contributed by atoms with Crippen LogP contribution in [0.2, 0.25) is 0 Å². The van der Waals surface area contributed by atoms with Crippen molar-refractivity contribution in [1.29, 1.82) is 0 Å². The fourth-order valence-electron chi connectivity index (χ4n) is 15.1. The van der Waals surface area contributed by atoms with Crippen LogP contribution in [-0.2, 0) is 110 Å². The summed E-state index contributed by atoms with van der Waals surface area (Å²) in [7, 11) is 0. The van der Waals surface area contributed by atoms with E-state index in [0.717, 1.165) is 12.8 Å². The van der Waals surface area contributed by atoms with Crippen LogP contribution in [0.4, 0.5) is 22.0 Å². The SMILES string of the molecule is CC(=O)OCC1O[C@@H](OCCCCCC(=O)NCCCNC(=O)CCOCC(COCCC(=O)CCCCCC(=O)CCCCO[C@@H]2OC(COC(C)=O)[C@H](C)[C@H](C)C2C)(COCCC(=O)CCCCCC(=O)CCCCO[C@@H]2OC(COC(C)=O)[C@H](C)[C@H](C)C2C)NC(=O)CCCCCCCCC(=O)Oc2c(F)c(F)c(F)c(F)c2F)C(C)[C@@H](C)[C@H]1C. The molecule has 0 aliphatic carbocycles. The minimum Gasteiger partial charge on any atom is -0.463 e. The van der Waals surface area contributed by atoms with Crippen LogP contribution >= 0.6 is 0 Å². The Labute approximate surface area is 725 Å². The van der Waals surface area contributed by atoms with Crippen molar-refractivity contribution in [2.45, 2.75) is 331 Å². The molecule has 0 radical (unpaired) electrons. The van der Waals surface area contributed by atoms with Crippen LogP contribution in [0.15, 0.2) is 0 Å². The van der Waals surface area contributed by atoms with E-state index in [2.05, 4.69) is 83.0 Å². The van der Waals surface area contributed by atoms with Crippen molar-refractivity contribution in [3.8, 4) is 5.75 Å². The molecule has 0 saturated carbocycles. The maximum atomic E-state index is 14.1. The Morgan fingerprint density at radius 1 is 0.309 bits per heavy atom. The Kier molecular flexibility index (Phi) is 54.0. The standard InChI is InChI=1S/C91H146F5N3O24/c1-59-62(4)75(53-117-68(10)100)120-88(65(59)7)114-47-29-19-25-39-78(107)97-45-32-46-98-79(108)44-52-113-58-91(99-80(109)40-24-15-13-14-16-26-41-81(110)123-87-85(95)83(93)82(92)84(94)86(87)96,56-111-50-42-73(105)35-22-17-20-33-71(103)37-27-30-48-115-89-66(8)60(2)63(5)76(121-89)54-118-69(11)101)57-112-51-43-74(106)36-23-18-21-34-72(104)38-28-31-49-116-90-67(9)61(3)64(6)77(122-90)55-119-70(12)102/h59-67,75-77,88-90H,13-58H2,1-12H3,(H,97,107)(H,98,108)(H,99,109)/t59-,60-,61-,62+,63+,64+,65?,66?,67?,75?,76?,77?,88+,89+,90+,91?/m0/s1. The average Bonchev–Trinajstić information content (AvgIpc) is 0.817. The summed E-state index contributed by atoms with van der Waals surface area (Å²) in [6.45, 7) is 24.5. The number of hydrogen-bond donors (Lipinski definition) is 3. The molecule has 1 aromatic carbocycles. The number of amides is 3. The molecule has 3 heterocycles.